The van der Waals surface area contributed by atoms with Crippen LogP contribution < -0.4 is 16.2 Å². The second-order valence-corrected chi connectivity index (χ2v) is 9.15. The van der Waals surface area contributed by atoms with Gasteiger partial charge in [-0.1, -0.05) is 23.7 Å². The van der Waals surface area contributed by atoms with Crippen molar-refractivity contribution in [1.82, 2.24) is 16.2 Å². The van der Waals surface area contributed by atoms with E-state index in [0.29, 0.717) is 11.4 Å². The maximum atomic E-state index is 12.0. The molecule has 3 rings (SSSR count). The zero-order valence-corrected chi connectivity index (χ0v) is 15.1. The maximum absolute atomic E-state index is 12.0. The predicted octanol–water partition coefficient (Wildman–Crippen LogP) is 1.48. The molecular weight excluding hydrogens is 366 g/mol. The molecule has 0 unspecified atom stereocenters. The third-order valence-electron chi connectivity index (χ3n) is 4.64. The summed E-state index contributed by atoms with van der Waals surface area (Å²) in [5, 5.41) is 3.50. The standard InChI is InChI=1S/C16H20ClN3O4S/c17-13-3-1-2-12-11(13)4-5-14(12)18-16(22)20-19-15(21)8-10-6-7-25(23,24)9-10/h1-3,10,14H,4-9H2,(H,19,21)(H2,18,20,22)/t10-,14-/m1/s1. The molecule has 0 saturated carbocycles. The monoisotopic (exact) mass is 385 g/mol. The number of fused-ring (bicyclic) bond motifs is 1. The predicted molar refractivity (Wildman–Crippen MR) is 93.7 cm³/mol. The Morgan fingerprint density at radius 2 is 2.00 bits per heavy atom. The lowest BCUT2D eigenvalue weighted by atomic mass is 10.1. The van der Waals surface area contributed by atoms with Crippen LogP contribution in [0.4, 0.5) is 4.79 Å². The summed E-state index contributed by atoms with van der Waals surface area (Å²) in [6, 6.07) is 4.94. The highest BCUT2D eigenvalue weighted by molar-refractivity contribution is 7.91. The van der Waals surface area contributed by atoms with Gasteiger partial charge in [-0.15, -0.1) is 0 Å². The normalized spacial score (nSPS) is 23.7. The van der Waals surface area contributed by atoms with Gasteiger partial charge in [0.1, 0.15) is 0 Å². The Morgan fingerprint density at radius 3 is 2.72 bits per heavy atom. The van der Waals surface area contributed by atoms with Crippen LogP contribution in [0.3, 0.4) is 0 Å². The van der Waals surface area contributed by atoms with E-state index in [1.807, 2.05) is 18.2 Å². The van der Waals surface area contributed by atoms with Crippen LogP contribution in [0.25, 0.3) is 0 Å². The van der Waals surface area contributed by atoms with Gasteiger partial charge in [0.15, 0.2) is 9.84 Å². The van der Waals surface area contributed by atoms with Crippen LogP contribution in [-0.2, 0) is 21.1 Å². The highest BCUT2D eigenvalue weighted by Gasteiger charge is 2.29. The van der Waals surface area contributed by atoms with Crippen molar-refractivity contribution in [2.45, 2.75) is 31.7 Å². The molecule has 1 fully saturated rings. The molecule has 0 radical (unpaired) electrons. The molecule has 2 atom stereocenters. The molecule has 1 aliphatic carbocycles. The summed E-state index contributed by atoms with van der Waals surface area (Å²) in [4.78, 5) is 23.8. The minimum absolute atomic E-state index is 0.0340. The number of urea groups is 1. The molecule has 0 bridgehead atoms. The van der Waals surface area contributed by atoms with Crippen molar-refractivity contribution in [3.8, 4) is 0 Å². The molecule has 1 aliphatic heterocycles. The van der Waals surface area contributed by atoms with Crippen LogP contribution in [0, 0.1) is 5.92 Å². The number of hydrogen-bond acceptors (Lipinski definition) is 4. The Kier molecular flexibility index (Phi) is 5.19. The van der Waals surface area contributed by atoms with E-state index in [-0.39, 0.29) is 29.9 Å². The summed E-state index contributed by atoms with van der Waals surface area (Å²) in [6.45, 7) is 0. The summed E-state index contributed by atoms with van der Waals surface area (Å²) >= 11 is 6.15. The van der Waals surface area contributed by atoms with E-state index in [4.69, 9.17) is 11.6 Å². The number of amides is 3. The van der Waals surface area contributed by atoms with Crippen LogP contribution >= 0.6 is 11.6 Å². The van der Waals surface area contributed by atoms with Crippen molar-refractivity contribution in [1.29, 1.82) is 0 Å². The van der Waals surface area contributed by atoms with Crippen molar-refractivity contribution in [2.75, 3.05) is 11.5 Å². The smallest absolute Gasteiger partial charge is 0.330 e. The highest BCUT2D eigenvalue weighted by atomic mass is 35.5. The van der Waals surface area contributed by atoms with Gasteiger partial charge in [-0.05, 0) is 42.4 Å². The maximum Gasteiger partial charge on any atom is 0.333 e. The van der Waals surface area contributed by atoms with E-state index in [0.717, 1.165) is 24.0 Å². The fourth-order valence-corrected chi connectivity index (χ4v) is 5.56. The minimum atomic E-state index is -3.01. The van der Waals surface area contributed by atoms with E-state index in [2.05, 4.69) is 16.2 Å². The molecule has 7 nitrogen and oxygen atoms in total. The number of carbonyl (C=O) groups is 2. The number of hydrazine groups is 1. The molecule has 1 heterocycles. The van der Waals surface area contributed by atoms with Gasteiger partial charge in [0.25, 0.3) is 0 Å². The average Bonchev–Trinajstić information content (AvgIpc) is 3.10. The molecule has 1 saturated heterocycles. The fraction of sp³-hybridized carbons (Fsp3) is 0.500. The van der Waals surface area contributed by atoms with Crippen LogP contribution in [-0.4, -0.2) is 31.9 Å². The first kappa shape index (κ1) is 18.0. The molecule has 3 N–H and O–H groups in total. The average molecular weight is 386 g/mol. The second kappa shape index (κ2) is 7.21. The molecule has 0 aromatic heterocycles. The summed E-state index contributed by atoms with van der Waals surface area (Å²) in [5.74, 6) is -0.416. The van der Waals surface area contributed by atoms with E-state index >= 15 is 0 Å². The molecule has 1 aromatic carbocycles. The SMILES string of the molecule is O=C(C[C@H]1CCS(=O)(=O)C1)NNC(=O)N[C@@H]1CCc2c(Cl)cccc21. The van der Waals surface area contributed by atoms with Crippen molar-refractivity contribution >= 4 is 33.4 Å². The van der Waals surface area contributed by atoms with Crippen LogP contribution in [0.15, 0.2) is 18.2 Å². The van der Waals surface area contributed by atoms with Gasteiger partial charge in [0.2, 0.25) is 5.91 Å². The van der Waals surface area contributed by atoms with Crippen LogP contribution in [0.2, 0.25) is 5.02 Å². The number of rotatable bonds is 3. The van der Waals surface area contributed by atoms with Crippen molar-refractivity contribution in [3.05, 3.63) is 34.3 Å². The Labute approximate surface area is 151 Å². The quantitative estimate of drug-likeness (QED) is 0.685. The van der Waals surface area contributed by atoms with E-state index in [9.17, 15) is 18.0 Å². The Morgan fingerprint density at radius 1 is 1.20 bits per heavy atom. The first-order valence-corrected chi connectivity index (χ1v) is 10.4. The number of nitrogens with one attached hydrogen (secondary N) is 3. The third-order valence-corrected chi connectivity index (χ3v) is 6.83. The zero-order valence-electron chi connectivity index (χ0n) is 13.5. The summed E-state index contributed by atoms with van der Waals surface area (Å²) in [6.07, 6.45) is 2.12. The number of hydrogen-bond donors (Lipinski definition) is 3. The Balaban J connectivity index is 1.45. The Hall–Kier alpha value is -1.80. The molecule has 9 heteroatoms. The lowest BCUT2D eigenvalue weighted by Gasteiger charge is -2.16. The molecule has 1 aromatic rings. The van der Waals surface area contributed by atoms with Gasteiger partial charge < -0.3 is 5.32 Å². The highest BCUT2D eigenvalue weighted by Crippen LogP contribution is 2.35. The summed E-state index contributed by atoms with van der Waals surface area (Å²) < 4.78 is 22.8. The second-order valence-electron chi connectivity index (χ2n) is 6.52. The molecule has 3 amide bonds. The van der Waals surface area contributed by atoms with Crippen molar-refractivity contribution in [3.63, 3.8) is 0 Å². The largest absolute Gasteiger partial charge is 0.333 e. The first-order valence-electron chi connectivity index (χ1n) is 8.17. The zero-order chi connectivity index (χ0) is 18.0. The lowest BCUT2D eigenvalue weighted by Crippen LogP contribution is -2.48. The number of benzene rings is 1. The van der Waals surface area contributed by atoms with Crippen LogP contribution in [0.1, 0.15) is 36.4 Å². The van der Waals surface area contributed by atoms with E-state index in [1.165, 1.54) is 0 Å². The van der Waals surface area contributed by atoms with E-state index < -0.39 is 21.8 Å². The molecule has 25 heavy (non-hydrogen) atoms. The molecule has 2 aliphatic rings. The number of carbonyl (C=O) groups excluding carboxylic acids is 2. The van der Waals surface area contributed by atoms with Crippen molar-refractivity contribution in [2.24, 2.45) is 5.92 Å². The summed E-state index contributed by atoms with van der Waals surface area (Å²) in [5.41, 5.74) is 6.67. The number of sulfone groups is 1. The van der Waals surface area contributed by atoms with Gasteiger partial charge in [-0.2, -0.15) is 0 Å². The number of halogens is 1. The van der Waals surface area contributed by atoms with Gasteiger partial charge in [-0.3, -0.25) is 10.2 Å². The molecule has 136 valence electrons. The fourth-order valence-electron chi connectivity index (χ4n) is 3.43. The molecular formula is C16H20ClN3O4S. The van der Waals surface area contributed by atoms with Gasteiger partial charge >= 0.3 is 6.03 Å². The van der Waals surface area contributed by atoms with E-state index in [1.54, 1.807) is 0 Å². The van der Waals surface area contributed by atoms with Gasteiger partial charge in [0, 0.05) is 11.4 Å². The lowest BCUT2D eigenvalue weighted by molar-refractivity contribution is -0.122. The topological polar surface area (TPSA) is 104 Å². The van der Waals surface area contributed by atoms with Crippen LogP contribution in [0.5, 0.6) is 0 Å². The first-order chi connectivity index (χ1) is 11.8. The van der Waals surface area contributed by atoms with Crippen molar-refractivity contribution < 1.29 is 18.0 Å². The van der Waals surface area contributed by atoms with Gasteiger partial charge in [0.05, 0.1) is 17.5 Å². The summed E-state index contributed by atoms with van der Waals surface area (Å²) in [7, 11) is -3.01. The van der Waals surface area contributed by atoms with Gasteiger partial charge in [-0.25, -0.2) is 18.6 Å². The minimum Gasteiger partial charge on any atom is -0.330 e. The Bertz CT molecular complexity index is 797. The molecule has 0 spiro atoms. The third kappa shape index (κ3) is 4.43.